The van der Waals surface area contributed by atoms with Gasteiger partial charge in [0.05, 0.1) is 23.9 Å². The lowest BCUT2D eigenvalue weighted by atomic mass is 9.89. The number of nitrogens with zero attached hydrogens (tertiary/aromatic N) is 1. The molecule has 6 nitrogen and oxygen atoms in total. The first-order valence-electron chi connectivity index (χ1n) is 10.4. The average molecular weight is 392 g/mol. The van der Waals surface area contributed by atoms with Gasteiger partial charge in [0.25, 0.3) is 0 Å². The zero-order valence-electron chi connectivity index (χ0n) is 16.9. The minimum absolute atomic E-state index is 0.0312. The molecule has 28 heavy (non-hydrogen) atoms. The van der Waals surface area contributed by atoms with Gasteiger partial charge in [-0.2, -0.15) is 5.26 Å². The lowest BCUT2D eigenvalue weighted by Gasteiger charge is -2.18. The summed E-state index contributed by atoms with van der Waals surface area (Å²) in [7, 11) is 0. The van der Waals surface area contributed by atoms with Gasteiger partial charge in [0, 0.05) is 31.1 Å². The van der Waals surface area contributed by atoms with Crippen LogP contribution in [0.5, 0.6) is 0 Å². The molecule has 2 fully saturated rings. The highest BCUT2D eigenvalue weighted by Crippen LogP contribution is 2.46. The standard InChI is InChI=1S/C22H33NO5/c1-3-4-6-14(2)18(24)10-9-16-17-11-20(28-21(17)12-19(16)25)15(13-23)7-5-8-22(26)27/h9-10,14,16-19,21,24-25H,3-8,11-12H2,1-2H3,(H,26,27)/b10-9+,20-15+/t14?,16-,17-,18?,19-,21+/m1/s1. The number of aliphatic hydroxyl groups excluding tert-OH is 2. The summed E-state index contributed by atoms with van der Waals surface area (Å²) < 4.78 is 5.96. The third-order valence-corrected chi connectivity index (χ3v) is 6.02. The van der Waals surface area contributed by atoms with Gasteiger partial charge in [0.2, 0.25) is 0 Å². The van der Waals surface area contributed by atoms with Gasteiger partial charge >= 0.3 is 5.97 Å². The summed E-state index contributed by atoms with van der Waals surface area (Å²) in [6.45, 7) is 4.17. The van der Waals surface area contributed by atoms with Crippen molar-refractivity contribution in [2.45, 2.75) is 83.5 Å². The maximum atomic E-state index is 10.7. The molecule has 2 aliphatic rings. The first kappa shape index (κ1) is 22.4. The van der Waals surface area contributed by atoms with E-state index in [1.807, 2.05) is 13.0 Å². The number of carbonyl (C=O) groups is 1. The fraction of sp³-hybridized carbons (Fsp3) is 0.727. The molecule has 3 N–H and O–H groups in total. The first-order chi connectivity index (χ1) is 13.4. The molecule has 6 atom stereocenters. The molecular weight excluding hydrogens is 358 g/mol. The minimum Gasteiger partial charge on any atom is -0.493 e. The van der Waals surface area contributed by atoms with E-state index in [4.69, 9.17) is 9.84 Å². The van der Waals surface area contributed by atoms with E-state index < -0.39 is 18.2 Å². The topological polar surface area (TPSA) is 111 Å². The number of fused-ring (bicyclic) bond motifs is 1. The van der Waals surface area contributed by atoms with Crippen LogP contribution in [0.2, 0.25) is 0 Å². The number of hydrogen-bond acceptors (Lipinski definition) is 5. The third kappa shape index (κ3) is 5.83. The molecular formula is C22H33NO5. The Balaban J connectivity index is 2.00. The summed E-state index contributed by atoms with van der Waals surface area (Å²) in [5.74, 6) is -0.0615. The Bertz CT molecular complexity index is 635. The van der Waals surface area contributed by atoms with Crippen molar-refractivity contribution in [2.24, 2.45) is 17.8 Å². The summed E-state index contributed by atoms with van der Waals surface area (Å²) in [5.41, 5.74) is 0.515. The van der Waals surface area contributed by atoms with Crippen LogP contribution in [0, 0.1) is 29.1 Å². The molecule has 0 aromatic heterocycles. The molecule has 0 bridgehead atoms. The monoisotopic (exact) mass is 391 g/mol. The van der Waals surface area contributed by atoms with Gasteiger partial charge in [-0.1, -0.05) is 38.8 Å². The van der Waals surface area contributed by atoms with Crippen molar-refractivity contribution in [3.05, 3.63) is 23.5 Å². The van der Waals surface area contributed by atoms with E-state index in [0.29, 0.717) is 37.0 Å². The first-order valence-corrected chi connectivity index (χ1v) is 10.4. The maximum Gasteiger partial charge on any atom is 0.303 e. The quantitative estimate of drug-likeness (QED) is 0.388. The highest BCUT2D eigenvalue weighted by molar-refractivity contribution is 5.66. The van der Waals surface area contributed by atoms with E-state index in [1.54, 1.807) is 6.08 Å². The largest absolute Gasteiger partial charge is 0.493 e. The second-order valence-corrected chi connectivity index (χ2v) is 8.16. The van der Waals surface area contributed by atoms with Crippen molar-refractivity contribution in [3.8, 4) is 6.07 Å². The molecule has 2 unspecified atom stereocenters. The van der Waals surface area contributed by atoms with Crippen LogP contribution < -0.4 is 0 Å². The molecule has 0 radical (unpaired) electrons. The number of ether oxygens (including phenoxy) is 1. The highest BCUT2D eigenvalue weighted by atomic mass is 16.5. The number of rotatable bonds is 10. The normalized spacial score (nSPS) is 30.5. The van der Waals surface area contributed by atoms with Gasteiger partial charge in [-0.05, 0) is 25.2 Å². The Kier molecular flexibility index (Phi) is 8.53. The van der Waals surface area contributed by atoms with Gasteiger partial charge in [-0.25, -0.2) is 0 Å². The molecule has 0 aromatic rings. The molecule has 6 heteroatoms. The van der Waals surface area contributed by atoms with Crippen LogP contribution in [0.3, 0.4) is 0 Å². The highest BCUT2D eigenvalue weighted by Gasteiger charge is 2.47. The Morgan fingerprint density at radius 3 is 2.79 bits per heavy atom. The van der Waals surface area contributed by atoms with Crippen LogP contribution in [0.25, 0.3) is 0 Å². The molecule has 1 aliphatic heterocycles. The van der Waals surface area contributed by atoms with E-state index >= 15 is 0 Å². The fourth-order valence-electron chi connectivity index (χ4n) is 4.22. The SMILES string of the molecule is CCCCC(C)C(O)/C=C/[C@@H]1[C@H]2C/C(=C(\C#N)CCCC(=O)O)O[C@H]2C[C@H]1O. The molecule has 1 saturated carbocycles. The number of aliphatic hydroxyl groups is 2. The predicted molar refractivity (Wildman–Crippen MR) is 105 cm³/mol. The van der Waals surface area contributed by atoms with Crippen LogP contribution in [-0.2, 0) is 9.53 Å². The van der Waals surface area contributed by atoms with Crippen LogP contribution in [0.4, 0.5) is 0 Å². The number of nitriles is 1. The van der Waals surface area contributed by atoms with Crippen molar-refractivity contribution in [1.29, 1.82) is 5.26 Å². The number of aliphatic carboxylic acids is 1. The summed E-state index contributed by atoms with van der Waals surface area (Å²) in [5, 5.41) is 38.9. The number of hydrogen-bond donors (Lipinski definition) is 3. The zero-order chi connectivity index (χ0) is 20.7. The summed E-state index contributed by atoms with van der Waals surface area (Å²) in [6, 6.07) is 2.16. The Morgan fingerprint density at radius 2 is 2.14 bits per heavy atom. The van der Waals surface area contributed by atoms with Gasteiger partial charge in [0.15, 0.2) is 0 Å². The second kappa shape index (κ2) is 10.6. The lowest BCUT2D eigenvalue weighted by molar-refractivity contribution is -0.137. The van der Waals surface area contributed by atoms with Crippen LogP contribution in [-0.4, -0.2) is 39.6 Å². The lowest BCUT2D eigenvalue weighted by Crippen LogP contribution is -2.20. The summed E-state index contributed by atoms with van der Waals surface area (Å²) in [4.78, 5) is 10.7. The number of allylic oxidation sites excluding steroid dienone is 2. The zero-order valence-corrected chi connectivity index (χ0v) is 16.9. The molecule has 0 amide bonds. The van der Waals surface area contributed by atoms with E-state index in [0.717, 1.165) is 19.3 Å². The number of unbranched alkanes of at least 4 members (excludes halogenated alkanes) is 1. The fourth-order valence-corrected chi connectivity index (χ4v) is 4.22. The Labute approximate surface area is 167 Å². The minimum atomic E-state index is -0.869. The number of carboxylic acids is 1. The van der Waals surface area contributed by atoms with Gasteiger partial charge in [-0.3, -0.25) is 4.79 Å². The predicted octanol–water partition coefficient (Wildman–Crippen LogP) is 3.55. The third-order valence-electron chi connectivity index (χ3n) is 6.02. The van der Waals surface area contributed by atoms with Crippen LogP contribution in [0.1, 0.15) is 65.2 Å². The van der Waals surface area contributed by atoms with E-state index in [2.05, 4.69) is 13.0 Å². The smallest absolute Gasteiger partial charge is 0.303 e. The van der Waals surface area contributed by atoms with Crippen LogP contribution in [0.15, 0.2) is 23.5 Å². The molecule has 0 spiro atoms. The second-order valence-electron chi connectivity index (χ2n) is 8.16. The van der Waals surface area contributed by atoms with Crippen molar-refractivity contribution in [2.75, 3.05) is 0 Å². The number of carboxylic acid groups (broad SMARTS) is 1. The van der Waals surface area contributed by atoms with E-state index in [1.165, 1.54) is 0 Å². The molecule has 1 heterocycles. The van der Waals surface area contributed by atoms with Crippen molar-refractivity contribution in [1.82, 2.24) is 0 Å². The van der Waals surface area contributed by atoms with Crippen molar-refractivity contribution in [3.63, 3.8) is 0 Å². The van der Waals surface area contributed by atoms with Crippen molar-refractivity contribution >= 4 is 5.97 Å². The summed E-state index contributed by atoms with van der Waals surface area (Å²) >= 11 is 0. The molecule has 1 saturated heterocycles. The Hall–Kier alpha value is -1.84. The van der Waals surface area contributed by atoms with Gasteiger partial charge in [0.1, 0.15) is 11.9 Å². The molecule has 2 rings (SSSR count). The maximum absolute atomic E-state index is 10.7. The Morgan fingerprint density at radius 1 is 1.39 bits per heavy atom. The van der Waals surface area contributed by atoms with Crippen LogP contribution >= 0.6 is 0 Å². The van der Waals surface area contributed by atoms with E-state index in [9.17, 15) is 20.3 Å². The average Bonchev–Trinajstić information content (AvgIpc) is 3.18. The van der Waals surface area contributed by atoms with Crippen molar-refractivity contribution < 1.29 is 24.9 Å². The molecule has 156 valence electrons. The van der Waals surface area contributed by atoms with Gasteiger partial charge < -0.3 is 20.1 Å². The van der Waals surface area contributed by atoms with E-state index in [-0.39, 0.29) is 30.3 Å². The molecule has 0 aromatic carbocycles. The molecule has 1 aliphatic carbocycles. The summed E-state index contributed by atoms with van der Waals surface area (Å²) in [6.07, 6.45) is 7.65. The van der Waals surface area contributed by atoms with Gasteiger partial charge in [-0.15, -0.1) is 0 Å².